The number of rotatable bonds is 12. The highest BCUT2D eigenvalue weighted by Gasteiger charge is 2.24. The minimum Gasteiger partial charge on any atom is -0.464 e. The Morgan fingerprint density at radius 2 is 1.60 bits per heavy atom. The first-order chi connectivity index (χ1) is 19.4. The van der Waals surface area contributed by atoms with Gasteiger partial charge in [0.05, 0.1) is 23.8 Å². The summed E-state index contributed by atoms with van der Waals surface area (Å²) >= 11 is 0. The van der Waals surface area contributed by atoms with Crippen LogP contribution in [-0.2, 0) is 29.0 Å². The molecule has 0 fully saturated rings. The van der Waals surface area contributed by atoms with E-state index in [4.69, 9.17) is 9.15 Å². The van der Waals surface area contributed by atoms with Crippen molar-refractivity contribution in [3.05, 3.63) is 117 Å². The normalized spacial score (nSPS) is 11.0. The number of amides is 2. The quantitative estimate of drug-likeness (QED) is 0.229. The van der Waals surface area contributed by atoms with E-state index in [0.717, 1.165) is 12.0 Å². The molecule has 7 nitrogen and oxygen atoms in total. The van der Waals surface area contributed by atoms with E-state index < -0.39 is 0 Å². The number of benzene rings is 3. The fourth-order valence-electron chi connectivity index (χ4n) is 4.46. The number of hydrogen-bond acceptors (Lipinski definition) is 5. The third kappa shape index (κ3) is 7.21. The molecule has 2 amide bonds. The van der Waals surface area contributed by atoms with Crippen LogP contribution in [0.1, 0.15) is 40.4 Å². The van der Waals surface area contributed by atoms with Crippen LogP contribution in [0.25, 0.3) is 11.0 Å². The fraction of sp³-hybridized carbons (Fsp3) is 0.281. The number of fused-ring (bicyclic) bond motifs is 1. The number of halogens is 1. The van der Waals surface area contributed by atoms with E-state index in [2.05, 4.69) is 0 Å². The smallest absolute Gasteiger partial charge is 0.254 e. The van der Waals surface area contributed by atoms with Crippen LogP contribution in [0.2, 0.25) is 0 Å². The van der Waals surface area contributed by atoms with Crippen molar-refractivity contribution < 1.29 is 23.1 Å². The first kappa shape index (κ1) is 28.7. The van der Waals surface area contributed by atoms with Crippen molar-refractivity contribution in [2.45, 2.75) is 32.9 Å². The van der Waals surface area contributed by atoms with Crippen molar-refractivity contribution >= 4 is 22.8 Å². The molecule has 0 N–H and O–H groups in total. The van der Waals surface area contributed by atoms with Crippen molar-refractivity contribution in [2.24, 2.45) is 0 Å². The number of ether oxygens (including phenoxy) is 1. The van der Waals surface area contributed by atoms with Gasteiger partial charge in [0.1, 0.15) is 17.9 Å². The summed E-state index contributed by atoms with van der Waals surface area (Å²) in [5.74, 6) is -1.01. The molecule has 0 aliphatic carbocycles. The van der Waals surface area contributed by atoms with E-state index in [1.165, 1.54) is 28.2 Å². The van der Waals surface area contributed by atoms with Gasteiger partial charge in [-0.2, -0.15) is 0 Å². The van der Waals surface area contributed by atoms with Crippen LogP contribution in [0.4, 0.5) is 4.39 Å². The molecular weight excluding hydrogens is 511 g/mol. The van der Waals surface area contributed by atoms with Gasteiger partial charge >= 0.3 is 0 Å². The average Bonchev–Trinajstić information content (AvgIpc) is 2.98. The second-order valence-corrected chi connectivity index (χ2v) is 9.59. The zero-order chi connectivity index (χ0) is 28.5. The summed E-state index contributed by atoms with van der Waals surface area (Å²) < 4.78 is 24.4. The lowest BCUT2D eigenvalue weighted by Gasteiger charge is -2.28. The Balaban J connectivity index is 1.62. The largest absolute Gasteiger partial charge is 0.464 e. The number of hydrogen-bond donors (Lipinski definition) is 0. The Morgan fingerprint density at radius 3 is 2.30 bits per heavy atom. The van der Waals surface area contributed by atoms with Crippen LogP contribution >= 0.6 is 0 Å². The molecule has 1 aromatic heterocycles. The molecule has 0 aliphatic rings. The maximum Gasteiger partial charge on any atom is 0.254 e. The van der Waals surface area contributed by atoms with Crippen LogP contribution in [-0.4, -0.2) is 48.4 Å². The fourth-order valence-corrected chi connectivity index (χ4v) is 4.46. The molecule has 0 spiro atoms. The van der Waals surface area contributed by atoms with Gasteiger partial charge in [0.2, 0.25) is 5.91 Å². The summed E-state index contributed by atoms with van der Waals surface area (Å²) in [6, 6.07) is 20.1. The van der Waals surface area contributed by atoms with Crippen molar-refractivity contribution in [3.63, 3.8) is 0 Å². The van der Waals surface area contributed by atoms with Gasteiger partial charge in [0.15, 0.2) is 5.43 Å². The maximum atomic E-state index is 13.8. The lowest BCUT2D eigenvalue weighted by molar-refractivity contribution is -0.133. The molecule has 0 radical (unpaired) electrons. The predicted molar refractivity (Wildman–Crippen MR) is 151 cm³/mol. The Morgan fingerprint density at radius 1 is 0.900 bits per heavy atom. The summed E-state index contributed by atoms with van der Waals surface area (Å²) in [5.41, 5.74) is 2.81. The number of aryl methyl sites for hydroxylation is 1. The Hall–Kier alpha value is -4.30. The monoisotopic (exact) mass is 544 g/mol. The molecule has 0 unspecified atom stereocenters. The maximum absolute atomic E-state index is 13.8. The molecule has 4 rings (SSSR count). The van der Waals surface area contributed by atoms with E-state index in [0.29, 0.717) is 47.2 Å². The molecule has 0 atom stereocenters. The minimum absolute atomic E-state index is 0.0331. The topological polar surface area (TPSA) is 80.1 Å². The van der Waals surface area contributed by atoms with Crippen molar-refractivity contribution in [3.8, 4) is 0 Å². The average molecular weight is 545 g/mol. The lowest BCUT2D eigenvalue weighted by atomic mass is 10.1. The third-order valence-electron chi connectivity index (χ3n) is 6.75. The zero-order valence-electron chi connectivity index (χ0n) is 22.8. The number of para-hydroxylation sites is 1. The standard InChI is InChI=1S/C32H33FN2O5/c1-3-23-9-13-25(14-10-23)32(38)34(17-6-18-39-2)21-30(36)35(19-24-11-15-27(33)16-12-24)20-26-22-40-29-8-5-4-7-28(29)31(26)37/h4-5,7-16,22H,3,6,17-21H2,1-2H3. The van der Waals surface area contributed by atoms with Crippen molar-refractivity contribution in [1.82, 2.24) is 9.80 Å². The van der Waals surface area contributed by atoms with Crippen LogP contribution in [0.5, 0.6) is 0 Å². The van der Waals surface area contributed by atoms with E-state index in [9.17, 15) is 18.8 Å². The Kier molecular flexibility index (Phi) is 9.81. The summed E-state index contributed by atoms with van der Waals surface area (Å²) in [5, 5.41) is 0.418. The molecule has 8 heteroatoms. The van der Waals surface area contributed by atoms with Gasteiger partial charge < -0.3 is 19.0 Å². The molecule has 3 aromatic carbocycles. The number of methoxy groups -OCH3 is 1. The lowest BCUT2D eigenvalue weighted by Crippen LogP contribution is -2.43. The van der Waals surface area contributed by atoms with Gasteiger partial charge in [-0.05, 0) is 60.4 Å². The summed E-state index contributed by atoms with van der Waals surface area (Å²) in [6.45, 7) is 2.68. The minimum atomic E-state index is -0.388. The van der Waals surface area contributed by atoms with Gasteiger partial charge in [-0.15, -0.1) is 0 Å². The zero-order valence-corrected chi connectivity index (χ0v) is 22.8. The SMILES string of the molecule is CCc1ccc(C(=O)N(CCCOC)CC(=O)N(Cc2ccc(F)cc2)Cc2coc3ccccc3c2=O)cc1. The summed E-state index contributed by atoms with van der Waals surface area (Å²) in [4.78, 5) is 43.4. The van der Waals surface area contributed by atoms with E-state index in [1.807, 2.05) is 19.1 Å². The van der Waals surface area contributed by atoms with E-state index in [-0.39, 0.29) is 42.7 Å². The third-order valence-corrected chi connectivity index (χ3v) is 6.75. The van der Waals surface area contributed by atoms with Crippen LogP contribution in [0.15, 0.2) is 88.3 Å². The molecular formula is C32H33FN2O5. The van der Waals surface area contributed by atoms with E-state index in [1.54, 1.807) is 55.6 Å². The first-order valence-corrected chi connectivity index (χ1v) is 13.3. The second kappa shape index (κ2) is 13.7. The molecule has 0 aliphatic heterocycles. The van der Waals surface area contributed by atoms with Crippen molar-refractivity contribution in [2.75, 3.05) is 26.8 Å². The van der Waals surface area contributed by atoms with Crippen LogP contribution < -0.4 is 5.43 Å². The van der Waals surface area contributed by atoms with E-state index >= 15 is 0 Å². The first-order valence-electron chi connectivity index (χ1n) is 13.3. The predicted octanol–water partition coefficient (Wildman–Crippen LogP) is 5.20. The van der Waals surface area contributed by atoms with Gasteiger partial charge in [0, 0.05) is 32.4 Å². The van der Waals surface area contributed by atoms with Gasteiger partial charge in [-0.1, -0.05) is 43.3 Å². The highest BCUT2D eigenvalue weighted by molar-refractivity contribution is 5.96. The molecule has 0 saturated carbocycles. The number of carbonyl (C=O) groups excluding carboxylic acids is 2. The van der Waals surface area contributed by atoms with Crippen LogP contribution in [0.3, 0.4) is 0 Å². The van der Waals surface area contributed by atoms with Gasteiger partial charge in [-0.3, -0.25) is 14.4 Å². The Bertz CT molecular complexity index is 1500. The highest BCUT2D eigenvalue weighted by atomic mass is 19.1. The molecule has 4 aromatic rings. The summed E-state index contributed by atoms with van der Waals surface area (Å²) in [6.07, 6.45) is 2.77. The van der Waals surface area contributed by atoms with Gasteiger partial charge in [0.25, 0.3) is 5.91 Å². The molecule has 0 saturated heterocycles. The molecule has 208 valence electrons. The molecule has 0 bridgehead atoms. The molecule has 1 heterocycles. The number of nitrogens with zero attached hydrogens (tertiary/aromatic N) is 2. The number of carbonyl (C=O) groups is 2. The second-order valence-electron chi connectivity index (χ2n) is 9.59. The van der Waals surface area contributed by atoms with Crippen LogP contribution in [0, 0.1) is 5.82 Å². The summed E-state index contributed by atoms with van der Waals surface area (Å²) in [7, 11) is 1.58. The Labute approximate surface area is 232 Å². The highest BCUT2D eigenvalue weighted by Crippen LogP contribution is 2.16. The molecule has 40 heavy (non-hydrogen) atoms. The van der Waals surface area contributed by atoms with Crippen molar-refractivity contribution in [1.29, 1.82) is 0 Å². The van der Waals surface area contributed by atoms with Gasteiger partial charge in [-0.25, -0.2) is 4.39 Å².